The molecule has 4 heteroatoms. The number of fused-ring (bicyclic) bond motifs is 1. The van der Waals surface area contributed by atoms with Crippen LogP contribution in [0.25, 0.3) is 10.2 Å². The minimum absolute atomic E-state index is 0.163. The zero-order valence-corrected chi connectivity index (χ0v) is 14.9. The zero-order valence-electron chi connectivity index (χ0n) is 14.1. The Morgan fingerprint density at radius 2 is 2.09 bits per heavy atom. The Kier molecular flexibility index (Phi) is 5.31. The molecule has 1 aliphatic carbocycles. The number of hydrogen-bond donors (Lipinski definition) is 1. The monoisotopic (exact) mass is 330 g/mol. The lowest BCUT2D eigenvalue weighted by Crippen LogP contribution is -2.27. The summed E-state index contributed by atoms with van der Waals surface area (Å²) in [7, 11) is 0. The van der Waals surface area contributed by atoms with E-state index < -0.39 is 0 Å². The molecule has 3 rings (SSSR count). The van der Waals surface area contributed by atoms with Crippen LogP contribution in [0.2, 0.25) is 0 Å². The van der Waals surface area contributed by atoms with Crippen LogP contribution < -0.4 is 5.32 Å². The molecular formula is C19H26N2OS. The molecule has 1 heterocycles. The largest absolute Gasteiger partial charge is 0.302 e. The number of rotatable bonds is 5. The first-order valence-electron chi connectivity index (χ1n) is 8.84. The van der Waals surface area contributed by atoms with Crippen LogP contribution in [0.3, 0.4) is 0 Å². The quantitative estimate of drug-likeness (QED) is 0.782. The van der Waals surface area contributed by atoms with Gasteiger partial charge >= 0.3 is 0 Å². The fourth-order valence-electron chi connectivity index (χ4n) is 3.55. The summed E-state index contributed by atoms with van der Waals surface area (Å²) in [6.45, 7) is 4.31. The van der Waals surface area contributed by atoms with Gasteiger partial charge in [-0.05, 0) is 50.2 Å². The Morgan fingerprint density at radius 3 is 2.78 bits per heavy atom. The van der Waals surface area contributed by atoms with E-state index in [1.807, 2.05) is 6.07 Å². The Balaban J connectivity index is 1.57. The lowest BCUT2D eigenvalue weighted by molar-refractivity contribution is -0.121. The molecule has 1 aromatic heterocycles. The Bertz CT molecular complexity index is 671. The van der Waals surface area contributed by atoms with E-state index in [2.05, 4.69) is 36.3 Å². The fraction of sp³-hybridized carbons (Fsp3) is 0.579. The first kappa shape index (κ1) is 16.4. The van der Waals surface area contributed by atoms with Gasteiger partial charge in [0.05, 0.1) is 10.2 Å². The summed E-state index contributed by atoms with van der Waals surface area (Å²) >= 11 is 1.57. The molecule has 0 atom stereocenters. The summed E-state index contributed by atoms with van der Waals surface area (Å²) in [6, 6.07) is 6.17. The highest BCUT2D eigenvalue weighted by molar-refractivity contribution is 7.22. The molecule has 1 N–H and O–H groups in total. The summed E-state index contributed by atoms with van der Waals surface area (Å²) < 4.78 is 1.14. The topological polar surface area (TPSA) is 42.0 Å². The predicted molar refractivity (Wildman–Crippen MR) is 98.0 cm³/mol. The maximum absolute atomic E-state index is 12.5. The minimum atomic E-state index is 0.163. The number of aromatic nitrogens is 1. The average Bonchev–Trinajstić information content (AvgIpc) is 2.97. The van der Waals surface area contributed by atoms with Crippen molar-refractivity contribution in [3.8, 4) is 0 Å². The number of thiazole rings is 1. The highest BCUT2D eigenvalue weighted by Gasteiger charge is 2.26. The van der Waals surface area contributed by atoms with Crippen LogP contribution in [0.1, 0.15) is 57.4 Å². The maximum Gasteiger partial charge on any atom is 0.229 e. The van der Waals surface area contributed by atoms with Gasteiger partial charge in [0.1, 0.15) is 0 Å². The van der Waals surface area contributed by atoms with Crippen molar-refractivity contribution in [3.63, 3.8) is 0 Å². The van der Waals surface area contributed by atoms with Crippen LogP contribution in [-0.4, -0.2) is 10.9 Å². The van der Waals surface area contributed by atoms with Gasteiger partial charge in [-0.15, -0.1) is 0 Å². The molecule has 0 saturated heterocycles. The smallest absolute Gasteiger partial charge is 0.229 e. The number of amides is 1. The standard InChI is InChI=1S/C19H26N2OS/c1-3-4-7-14-9-11-15(12-10-14)18(22)21-19-20-17-13(2)6-5-8-16(17)23-19/h5-6,8,14-15H,3-4,7,9-12H2,1-2H3,(H,20,21,22). The zero-order chi connectivity index (χ0) is 16.2. The number of aryl methyl sites for hydroxylation is 1. The van der Waals surface area contributed by atoms with Gasteiger partial charge in [-0.25, -0.2) is 4.98 Å². The molecule has 3 nitrogen and oxygen atoms in total. The first-order valence-corrected chi connectivity index (χ1v) is 9.66. The van der Waals surface area contributed by atoms with Crippen LogP contribution in [-0.2, 0) is 4.79 Å². The molecule has 0 radical (unpaired) electrons. The number of carbonyl (C=O) groups is 1. The molecule has 23 heavy (non-hydrogen) atoms. The first-order chi connectivity index (χ1) is 11.2. The van der Waals surface area contributed by atoms with Gasteiger partial charge in [0, 0.05) is 5.92 Å². The number of hydrogen-bond acceptors (Lipinski definition) is 3. The molecule has 124 valence electrons. The molecule has 1 saturated carbocycles. The molecule has 2 aromatic rings. The summed E-state index contributed by atoms with van der Waals surface area (Å²) in [5.41, 5.74) is 2.17. The number of carbonyl (C=O) groups excluding carboxylic acids is 1. The number of nitrogens with zero attached hydrogens (tertiary/aromatic N) is 1. The Morgan fingerprint density at radius 1 is 1.30 bits per heavy atom. The molecule has 0 unspecified atom stereocenters. The fourth-order valence-corrected chi connectivity index (χ4v) is 4.50. The SMILES string of the molecule is CCCCC1CCC(C(=O)Nc2nc3c(C)cccc3s2)CC1. The van der Waals surface area contributed by atoms with Gasteiger partial charge in [-0.2, -0.15) is 0 Å². The second-order valence-corrected chi connectivity index (χ2v) is 7.82. The number of anilines is 1. The highest BCUT2D eigenvalue weighted by atomic mass is 32.1. The van der Waals surface area contributed by atoms with E-state index in [4.69, 9.17) is 0 Å². The molecular weight excluding hydrogens is 304 g/mol. The lowest BCUT2D eigenvalue weighted by Gasteiger charge is -2.27. The van der Waals surface area contributed by atoms with Crippen molar-refractivity contribution in [3.05, 3.63) is 23.8 Å². The summed E-state index contributed by atoms with van der Waals surface area (Å²) in [5, 5.41) is 3.80. The van der Waals surface area contributed by atoms with Crippen molar-refractivity contribution in [1.82, 2.24) is 4.98 Å². The van der Waals surface area contributed by atoms with Gasteiger partial charge in [0.15, 0.2) is 5.13 Å². The Labute approximate surface area is 142 Å². The summed E-state index contributed by atoms with van der Waals surface area (Å²) in [4.78, 5) is 17.1. The van der Waals surface area contributed by atoms with E-state index in [1.54, 1.807) is 11.3 Å². The molecule has 1 amide bonds. The molecule has 0 aliphatic heterocycles. The van der Waals surface area contributed by atoms with Crippen LogP contribution in [0, 0.1) is 18.8 Å². The lowest BCUT2D eigenvalue weighted by atomic mass is 9.79. The van der Waals surface area contributed by atoms with E-state index in [0.29, 0.717) is 0 Å². The molecule has 1 aliphatic rings. The third-order valence-electron chi connectivity index (χ3n) is 5.03. The van der Waals surface area contributed by atoms with E-state index in [-0.39, 0.29) is 11.8 Å². The predicted octanol–water partition coefficient (Wildman–Crippen LogP) is 5.54. The van der Waals surface area contributed by atoms with Crippen molar-refractivity contribution in [2.75, 3.05) is 5.32 Å². The van der Waals surface area contributed by atoms with Crippen molar-refractivity contribution in [2.24, 2.45) is 11.8 Å². The van der Waals surface area contributed by atoms with Crippen LogP contribution in [0.5, 0.6) is 0 Å². The average molecular weight is 330 g/mol. The van der Waals surface area contributed by atoms with Gasteiger partial charge in [-0.3, -0.25) is 4.79 Å². The van der Waals surface area contributed by atoms with Gasteiger partial charge in [0.2, 0.25) is 5.91 Å². The normalized spacial score (nSPS) is 21.5. The third kappa shape index (κ3) is 3.92. The number of para-hydroxylation sites is 1. The second-order valence-electron chi connectivity index (χ2n) is 6.79. The molecule has 0 bridgehead atoms. The number of benzene rings is 1. The van der Waals surface area contributed by atoms with Crippen LogP contribution >= 0.6 is 11.3 Å². The molecule has 0 spiro atoms. The van der Waals surface area contributed by atoms with E-state index >= 15 is 0 Å². The summed E-state index contributed by atoms with van der Waals surface area (Å²) in [5.74, 6) is 1.17. The van der Waals surface area contributed by atoms with Crippen LogP contribution in [0.4, 0.5) is 5.13 Å². The van der Waals surface area contributed by atoms with Gasteiger partial charge in [0.25, 0.3) is 0 Å². The van der Waals surface area contributed by atoms with E-state index in [9.17, 15) is 4.79 Å². The van der Waals surface area contributed by atoms with Crippen molar-refractivity contribution < 1.29 is 4.79 Å². The maximum atomic E-state index is 12.5. The summed E-state index contributed by atoms with van der Waals surface area (Å²) in [6.07, 6.45) is 8.41. The molecule has 1 fully saturated rings. The van der Waals surface area contributed by atoms with Crippen molar-refractivity contribution in [1.29, 1.82) is 0 Å². The number of unbranched alkanes of at least 4 members (excludes halogenated alkanes) is 1. The highest BCUT2D eigenvalue weighted by Crippen LogP contribution is 2.33. The Hall–Kier alpha value is -1.42. The van der Waals surface area contributed by atoms with Crippen molar-refractivity contribution in [2.45, 2.75) is 58.8 Å². The van der Waals surface area contributed by atoms with Gasteiger partial charge in [-0.1, -0.05) is 49.7 Å². The molecule has 1 aromatic carbocycles. The minimum Gasteiger partial charge on any atom is -0.302 e. The number of nitrogens with one attached hydrogen (secondary N) is 1. The van der Waals surface area contributed by atoms with E-state index in [0.717, 1.165) is 39.7 Å². The van der Waals surface area contributed by atoms with Gasteiger partial charge < -0.3 is 5.32 Å². The van der Waals surface area contributed by atoms with E-state index in [1.165, 1.54) is 32.1 Å². The second kappa shape index (κ2) is 7.43. The third-order valence-corrected chi connectivity index (χ3v) is 5.97. The van der Waals surface area contributed by atoms with Crippen molar-refractivity contribution >= 4 is 32.6 Å². The van der Waals surface area contributed by atoms with Crippen LogP contribution in [0.15, 0.2) is 18.2 Å².